The number of nitrogens with one attached hydrogen (secondary N) is 1. The van der Waals surface area contributed by atoms with Crippen LogP contribution in [0.1, 0.15) is 24.5 Å². The van der Waals surface area contributed by atoms with E-state index in [-0.39, 0.29) is 5.97 Å². The predicted octanol–water partition coefficient (Wildman–Crippen LogP) is 3.22. The van der Waals surface area contributed by atoms with Gasteiger partial charge >= 0.3 is 5.97 Å². The monoisotopic (exact) mass is 247 g/mol. The first kappa shape index (κ1) is 14.3. The van der Waals surface area contributed by atoms with E-state index in [9.17, 15) is 4.79 Å². The van der Waals surface area contributed by atoms with Crippen molar-refractivity contribution in [2.75, 3.05) is 19.0 Å². The van der Waals surface area contributed by atoms with Crippen LogP contribution in [0.15, 0.2) is 29.8 Å². The van der Waals surface area contributed by atoms with Gasteiger partial charge in [0.2, 0.25) is 0 Å². The van der Waals surface area contributed by atoms with Gasteiger partial charge in [-0.05, 0) is 43.5 Å². The fraction of sp³-hybridized carbons (Fsp3) is 0.400. The average molecular weight is 247 g/mol. The Morgan fingerprint density at radius 2 is 1.89 bits per heavy atom. The van der Waals surface area contributed by atoms with Crippen LogP contribution in [0.4, 0.5) is 5.69 Å². The number of hydrogen-bond donors (Lipinski definition) is 1. The number of ether oxygens (including phenoxy) is 1. The van der Waals surface area contributed by atoms with Crippen molar-refractivity contribution in [1.29, 1.82) is 0 Å². The molecule has 1 aromatic rings. The Bertz CT molecular complexity index is 430. The second-order valence-electron chi connectivity index (χ2n) is 4.33. The molecule has 1 rings (SSSR count). The van der Waals surface area contributed by atoms with E-state index in [2.05, 4.69) is 37.4 Å². The van der Waals surface area contributed by atoms with Crippen molar-refractivity contribution in [3.8, 4) is 0 Å². The van der Waals surface area contributed by atoms with Gasteiger partial charge in [-0.3, -0.25) is 0 Å². The topological polar surface area (TPSA) is 38.3 Å². The minimum atomic E-state index is -0.250. The normalized spacial score (nSPS) is 11.2. The molecule has 0 spiro atoms. The molecule has 0 unspecified atom stereocenters. The van der Waals surface area contributed by atoms with Crippen molar-refractivity contribution in [3.05, 3.63) is 41.0 Å². The van der Waals surface area contributed by atoms with E-state index < -0.39 is 0 Å². The van der Waals surface area contributed by atoms with Gasteiger partial charge in [0.1, 0.15) is 0 Å². The van der Waals surface area contributed by atoms with Gasteiger partial charge in [-0.25, -0.2) is 4.79 Å². The number of benzene rings is 1. The molecule has 0 aliphatic rings. The first-order valence-electron chi connectivity index (χ1n) is 6.16. The van der Waals surface area contributed by atoms with E-state index in [1.165, 1.54) is 18.2 Å². The maximum Gasteiger partial charge on any atom is 0.333 e. The molecule has 0 atom stereocenters. The van der Waals surface area contributed by atoms with Gasteiger partial charge in [0, 0.05) is 17.8 Å². The summed E-state index contributed by atoms with van der Waals surface area (Å²) in [5, 5.41) is 3.29. The molecular weight excluding hydrogens is 226 g/mol. The molecule has 3 heteroatoms. The summed E-state index contributed by atoms with van der Waals surface area (Å²) >= 11 is 0. The van der Waals surface area contributed by atoms with E-state index in [0.717, 1.165) is 5.69 Å². The molecule has 0 heterocycles. The Kier molecular flexibility index (Phi) is 5.43. The number of anilines is 1. The minimum Gasteiger partial charge on any atom is -0.466 e. The van der Waals surface area contributed by atoms with Gasteiger partial charge in [0.05, 0.1) is 7.11 Å². The lowest BCUT2D eigenvalue weighted by Gasteiger charge is -2.07. The number of hydrogen-bond acceptors (Lipinski definition) is 3. The van der Waals surface area contributed by atoms with Gasteiger partial charge in [-0.2, -0.15) is 0 Å². The summed E-state index contributed by atoms with van der Waals surface area (Å²) in [7, 11) is 1.41. The van der Waals surface area contributed by atoms with Crippen LogP contribution >= 0.6 is 0 Å². The molecule has 0 aliphatic carbocycles. The van der Waals surface area contributed by atoms with Gasteiger partial charge in [0.25, 0.3) is 0 Å². The molecule has 0 bridgehead atoms. The number of rotatable bonds is 5. The summed E-state index contributed by atoms with van der Waals surface area (Å²) in [6.07, 6.45) is 2.56. The largest absolute Gasteiger partial charge is 0.466 e. The molecule has 0 saturated carbocycles. The van der Waals surface area contributed by atoms with Crippen molar-refractivity contribution in [3.63, 3.8) is 0 Å². The van der Waals surface area contributed by atoms with E-state index in [4.69, 9.17) is 4.74 Å². The Balaban J connectivity index is 2.64. The third-order valence-corrected chi connectivity index (χ3v) is 2.70. The zero-order valence-electron chi connectivity index (χ0n) is 11.5. The molecule has 0 amide bonds. The lowest BCUT2D eigenvalue weighted by Crippen LogP contribution is -2.07. The first-order chi connectivity index (χ1) is 8.56. The van der Waals surface area contributed by atoms with Crippen molar-refractivity contribution in [2.45, 2.75) is 27.2 Å². The van der Waals surface area contributed by atoms with E-state index in [1.54, 1.807) is 0 Å². The Morgan fingerprint density at radius 3 is 2.39 bits per heavy atom. The molecule has 0 aliphatic heterocycles. The summed E-state index contributed by atoms with van der Waals surface area (Å²) in [6, 6.07) is 6.31. The highest BCUT2D eigenvalue weighted by Gasteiger charge is 2.05. The molecule has 3 nitrogen and oxygen atoms in total. The average Bonchev–Trinajstić information content (AvgIpc) is 2.32. The van der Waals surface area contributed by atoms with E-state index in [1.807, 2.05) is 13.0 Å². The van der Waals surface area contributed by atoms with Gasteiger partial charge in [-0.1, -0.05) is 19.1 Å². The fourth-order valence-electron chi connectivity index (χ4n) is 1.87. The summed E-state index contributed by atoms with van der Waals surface area (Å²) in [6.45, 7) is 6.71. The minimum absolute atomic E-state index is 0.250. The van der Waals surface area contributed by atoms with Crippen LogP contribution in [0.2, 0.25) is 0 Å². The lowest BCUT2D eigenvalue weighted by atomic mass is 10.1. The maximum absolute atomic E-state index is 11.4. The van der Waals surface area contributed by atoms with Gasteiger partial charge < -0.3 is 10.1 Å². The maximum atomic E-state index is 11.4. The van der Waals surface area contributed by atoms with Crippen LogP contribution in [0.5, 0.6) is 0 Å². The zero-order valence-corrected chi connectivity index (χ0v) is 11.5. The lowest BCUT2D eigenvalue weighted by molar-refractivity contribution is -0.136. The molecule has 1 N–H and O–H groups in total. The molecule has 1 aromatic carbocycles. The number of methoxy groups -OCH3 is 1. The highest BCUT2D eigenvalue weighted by atomic mass is 16.5. The van der Waals surface area contributed by atoms with Crippen molar-refractivity contribution in [2.24, 2.45) is 0 Å². The van der Waals surface area contributed by atoms with Gasteiger partial charge in [0.15, 0.2) is 0 Å². The SMILES string of the molecule is CC/C(=C/CNc1cc(C)cc(C)c1)C(=O)OC. The van der Waals surface area contributed by atoms with Crippen LogP contribution in [-0.4, -0.2) is 19.6 Å². The number of esters is 1. The Hall–Kier alpha value is -1.77. The highest BCUT2D eigenvalue weighted by Crippen LogP contribution is 2.13. The van der Waals surface area contributed by atoms with Crippen LogP contribution in [0.3, 0.4) is 0 Å². The molecular formula is C15H21NO2. The molecule has 0 fully saturated rings. The standard InChI is InChI=1S/C15H21NO2/c1-5-13(15(17)18-4)6-7-16-14-9-11(2)8-12(3)10-14/h6,8-10,16H,5,7H2,1-4H3/b13-6-. The highest BCUT2D eigenvalue weighted by molar-refractivity contribution is 5.88. The summed E-state index contributed by atoms with van der Waals surface area (Å²) in [5.41, 5.74) is 4.23. The Morgan fingerprint density at radius 1 is 1.28 bits per heavy atom. The predicted molar refractivity (Wildman–Crippen MR) is 74.8 cm³/mol. The molecule has 0 saturated heterocycles. The van der Waals surface area contributed by atoms with Crippen LogP contribution in [-0.2, 0) is 9.53 Å². The number of carbonyl (C=O) groups excluding carboxylic acids is 1. The van der Waals surface area contributed by atoms with Gasteiger partial charge in [-0.15, -0.1) is 0 Å². The van der Waals surface area contributed by atoms with Crippen molar-refractivity contribution in [1.82, 2.24) is 0 Å². The Labute approximate surface area is 109 Å². The smallest absolute Gasteiger partial charge is 0.333 e. The number of aryl methyl sites for hydroxylation is 2. The second kappa shape index (κ2) is 6.84. The second-order valence-corrected chi connectivity index (χ2v) is 4.33. The van der Waals surface area contributed by atoms with E-state index in [0.29, 0.717) is 18.5 Å². The summed E-state index contributed by atoms with van der Waals surface area (Å²) in [4.78, 5) is 11.4. The molecule has 0 aromatic heterocycles. The quantitative estimate of drug-likeness (QED) is 0.641. The molecule has 0 radical (unpaired) electrons. The van der Waals surface area contributed by atoms with Crippen molar-refractivity contribution >= 4 is 11.7 Å². The van der Waals surface area contributed by atoms with Crippen LogP contribution in [0.25, 0.3) is 0 Å². The molecule has 98 valence electrons. The zero-order chi connectivity index (χ0) is 13.5. The third kappa shape index (κ3) is 4.24. The molecule has 18 heavy (non-hydrogen) atoms. The number of carbonyl (C=O) groups is 1. The fourth-order valence-corrected chi connectivity index (χ4v) is 1.87. The first-order valence-corrected chi connectivity index (χ1v) is 6.16. The van der Waals surface area contributed by atoms with E-state index >= 15 is 0 Å². The third-order valence-electron chi connectivity index (χ3n) is 2.70. The summed E-state index contributed by atoms with van der Waals surface area (Å²) in [5.74, 6) is -0.250. The van der Waals surface area contributed by atoms with Crippen LogP contribution in [0, 0.1) is 13.8 Å². The van der Waals surface area contributed by atoms with Crippen LogP contribution < -0.4 is 5.32 Å². The van der Waals surface area contributed by atoms with Crippen molar-refractivity contribution < 1.29 is 9.53 Å². The summed E-state index contributed by atoms with van der Waals surface area (Å²) < 4.78 is 4.71.